The number of nitrogens with zero attached hydrogens (tertiary/aromatic N) is 2. The van der Waals surface area contributed by atoms with Gasteiger partial charge in [-0.2, -0.15) is 0 Å². The van der Waals surface area contributed by atoms with Gasteiger partial charge in [0.05, 0.1) is 0 Å². The van der Waals surface area contributed by atoms with Crippen LogP contribution in [0.3, 0.4) is 0 Å². The number of nitrogens with one attached hydrogen (secondary N) is 1. The lowest BCUT2D eigenvalue weighted by Gasteiger charge is -2.03. The van der Waals surface area contributed by atoms with Crippen LogP contribution in [0.1, 0.15) is 5.56 Å². The van der Waals surface area contributed by atoms with Crippen LogP contribution in [0.2, 0.25) is 0 Å². The van der Waals surface area contributed by atoms with Crippen molar-refractivity contribution in [3.05, 3.63) is 44.5 Å². The monoisotopic (exact) mass is 317 g/mol. The fraction of sp³-hybridized carbons (Fsp3) is 0.200. The highest BCUT2D eigenvalue weighted by Crippen LogP contribution is 2.25. The van der Waals surface area contributed by atoms with E-state index in [0.717, 1.165) is 10.0 Å². The Bertz CT molecular complexity index is 595. The molecule has 0 radical (unpaired) electrons. The number of thioether (sulfide) groups is 1. The summed E-state index contributed by atoms with van der Waals surface area (Å²) in [5.74, 6) is 0.260. The summed E-state index contributed by atoms with van der Waals surface area (Å²) in [5.41, 5.74) is 0.566. The minimum absolute atomic E-state index is 0.259. The smallest absolute Gasteiger partial charge is 0.273 e. The molecule has 0 bridgehead atoms. The summed E-state index contributed by atoms with van der Waals surface area (Å²) in [5, 5.41) is 6.79. The zero-order valence-electron chi connectivity index (χ0n) is 8.91. The number of benzene rings is 1. The fourth-order valence-corrected chi connectivity index (χ4v) is 2.74. The van der Waals surface area contributed by atoms with Crippen molar-refractivity contribution in [1.82, 2.24) is 14.8 Å². The number of aromatic amines is 1. The molecule has 7 heteroatoms. The Morgan fingerprint density at radius 1 is 1.59 bits per heavy atom. The summed E-state index contributed by atoms with van der Waals surface area (Å²) < 4.78 is 15.3. The van der Waals surface area contributed by atoms with E-state index < -0.39 is 0 Å². The molecule has 1 heterocycles. The molecule has 17 heavy (non-hydrogen) atoms. The van der Waals surface area contributed by atoms with Crippen molar-refractivity contribution < 1.29 is 4.39 Å². The molecule has 0 amide bonds. The third-order valence-corrected chi connectivity index (χ3v) is 4.06. The lowest BCUT2D eigenvalue weighted by Crippen LogP contribution is -2.12. The standard InChI is InChI=1S/C10H9BrFN3OS/c1-15-9(16)13-14-10(15)17-5-6-4-7(12)2-3-8(6)11/h2-4H,5H2,1H3,(H,13,16). The molecule has 2 aromatic rings. The van der Waals surface area contributed by atoms with E-state index in [1.165, 1.54) is 28.5 Å². The van der Waals surface area contributed by atoms with Crippen LogP contribution in [-0.2, 0) is 12.8 Å². The zero-order chi connectivity index (χ0) is 12.4. The van der Waals surface area contributed by atoms with Gasteiger partial charge in [0.15, 0.2) is 5.16 Å². The molecule has 0 unspecified atom stereocenters. The highest BCUT2D eigenvalue weighted by molar-refractivity contribution is 9.10. The van der Waals surface area contributed by atoms with Gasteiger partial charge in [-0.25, -0.2) is 14.3 Å². The predicted octanol–water partition coefficient (Wildman–Crippen LogP) is 2.30. The van der Waals surface area contributed by atoms with Gasteiger partial charge in [-0.1, -0.05) is 27.7 Å². The van der Waals surface area contributed by atoms with E-state index in [-0.39, 0.29) is 11.5 Å². The highest BCUT2D eigenvalue weighted by Gasteiger charge is 2.07. The highest BCUT2D eigenvalue weighted by atomic mass is 79.9. The third kappa shape index (κ3) is 2.78. The van der Waals surface area contributed by atoms with Gasteiger partial charge >= 0.3 is 5.69 Å². The second-order valence-corrected chi connectivity index (χ2v) is 5.19. The largest absolute Gasteiger partial charge is 0.343 e. The van der Waals surface area contributed by atoms with Crippen LogP contribution >= 0.6 is 27.7 Å². The van der Waals surface area contributed by atoms with E-state index in [1.807, 2.05) is 0 Å². The maximum Gasteiger partial charge on any atom is 0.343 e. The van der Waals surface area contributed by atoms with Gasteiger partial charge < -0.3 is 0 Å². The van der Waals surface area contributed by atoms with Gasteiger partial charge in [-0.05, 0) is 23.8 Å². The number of hydrogen-bond donors (Lipinski definition) is 1. The zero-order valence-corrected chi connectivity index (χ0v) is 11.3. The van der Waals surface area contributed by atoms with Gasteiger partial charge in [0.2, 0.25) is 0 Å². The average Bonchev–Trinajstić information content (AvgIpc) is 2.62. The minimum atomic E-state index is -0.278. The van der Waals surface area contributed by atoms with Crippen molar-refractivity contribution in [3.63, 3.8) is 0 Å². The van der Waals surface area contributed by atoms with Gasteiger partial charge in [0, 0.05) is 17.3 Å². The maximum absolute atomic E-state index is 13.0. The van der Waals surface area contributed by atoms with Crippen LogP contribution in [0.25, 0.3) is 0 Å². The number of hydrogen-bond acceptors (Lipinski definition) is 3. The predicted molar refractivity (Wildman–Crippen MR) is 67.5 cm³/mol. The Labute approximate surface area is 109 Å². The Balaban J connectivity index is 2.15. The molecule has 90 valence electrons. The van der Waals surface area contributed by atoms with E-state index in [2.05, 4.69) is 26.1 Å². The van der Waals surface area contributed by atoms with Crippen molar-refractivity contribution >= 4 is 27.7 Å². The van der Waals surface area contributed by atoms with Gasteiger partial charge in [-0.15, -0.1) is 5.10 Å². The fourth-order valence-electron chi connectivity index (χ4n) is 1.26. The first-order valence-corrected chi connectivity index (χ1v) is 6.54. The van der Waals surface area contributed by atoms with Crippen molar-refractivity contribution in [2.24, 2.45) is 7.05 Å². The van der Waals surface area contributed by atoms with Crippen molar-refractivity contribution in [2.45, 2.75) is 10.9 Å². The molecule has 1 aromatic heterocycles. The van der Waals surface area contributed by atoms with Crippen molar-refractivity contribution in [3.8, 4) is 0 Å². The topological polar surface area (TPSA) is 50.7 Å². The molecule has 0 spiro atoms. The lowest BCUT2D eigenvalue weighted by molar-refractivity contribution is 0.626. The minimum Gasteiger partial charge on any atom is -0.273 e. The average molecular weight is 318 g/mol. The number of H-pyrrole nitrogens is 1. The molecule has 0 aliphatic carbocycles. The molecule has 0 saturated carbocycles. The summed E-state index contributed by atoms with van der Waals surface area (Å²) in [4.78, 5) is 11.1. The quantitative estimate of drug-likeness (QED) is 0.884. The second-order valence-electron chi connectivity index (χ2n) is 3.39. The Morgan fingerprint density at radius 3 is 3.00 bits per heavy atom. The van der Waals surface area contributed by atoms with Gasteiger partial charge in [-0.3, -0.25) is 4.57 Å². The molecule has 1 N–H and O–H groups in total. The van der Waals surface area contributed by atoms with Crippen LogP contribution in [0.4, 0.5) is 4.39 Å². The summed E-state index contributed by atoms with van der Waals surface area (Å²) >= 11 is 4.72. The maximum atomic E-state index is 13.0. The van der Waals surface area contributed by atoms with Gasteiger partial charge in [0.25, 0.3) is 0 Å². The molecule has 0 aliphatic heterocycles. The number of aromatic nitrogens is 3. The van der Waals surface area contributed by atoms with Gasteiger partial charge in [0.1, 0.15) is 5.82 Å². The Hall–Kier alpha value is -1.08. The first-order valence-electron chi connectivity index (χ1n) is 4.76. The summed E-state index contributed by atoms with van der Waals surface area (Å²) in [6.45, 7) is 0. The van der Waals surface area contributed by atoms with E-state index in [0.29, 0.717) is 10.9 Å². The normalized spacial score (nSPS) is 10.8. The Morgan fingerprint density at radius 2 is 2.35 bits per heavy atom. The summed E-state index contributed by atoms with van der Waals surface area (Å²) in [6.07, 6.45) is 0. The molecule has 0 saturated heterocycles. The van der Waals surface area contributed by atoms with Crippen LogP contribution < -0.4 is 5.69 Å². The number of rotatable bonds is 3. The summed E-state index contributed by atoms with van der Waals surface area (Å²) in [7, 11) is 1.63. The first-order chi connectivity index (χ1) is 8.08. The molecule has 2 rings (SSSR count). The summed E-state index contributed by atoms with van der Waals surface area (Å²) in [6, 6.07) is 4.51. The Kier molecular flexibility index (Phi) is 3.68. The van der Waals surface area contributed by atoms with Crippen LogP contribution in [0.5, 0.6) is 0 Å². The molecular formula is C10H9BrFN3OS. The molecule has 1 aromatic carbocycles. The molecular weight excluding hydrogens is 309 g/mol. The van der Waals surface area contributed by atoms with E-state index in [4.69, 9.17) is 0 Å². The van der Waals surface area contributed by atoms with E-state index in [9.17, 15) is 9.18 Å². The van der Waals surface area contributed by atoms with Crippen molar-refractivity contribution in [2.75, 3.05) is 0 Å². The lowest BCUT2D eigenvalue weighted by atomic mass is 10.2. The molecule has 0 atom stereocenters. The molecule has 0 fully saturated rings. The van der Waals surface area contributed by atoms with E-state index >= 15 is 0 Å². The third-order valence-electron chi connectivity index (χ3n) is 2.20. The number of halogens is 2. The van der Waals surface area contributed by atoms with E-state index in [1.54, 1.807) is 13.1 Å². The van der Waals surface area contributed by atoms with Crippen molar-refractivity contribution in [1.29, 1.82) is 0 Å². The molecule has 4 nitrogen and oxygen atoms in total. The SMILES string of the molecule is Cn1c(SCc2cc(F)ccc2Br)n[nH]c1=O. The van der Waals surface area contributed by atoms with Crippen LogP contribution in [0.15, 0.2) is 32.6 Å². The first kappa shape index (κ1) is 12.4. The van der Waals surface area contributed by atoms with Crippen LogP contribution in [-0.4, -0.2) is 14.8 Å². The molecule has 0 aliphatic rings. The second kappa shape index (κ2) is 5.05. The van der Waals surface area contributed by atoms with Crippen LogP contribution in [0, 0.1) is 5.82 Å².